The molecule has 0 amide bonds. The maximum Gasteiger partial charge on any atom is 0.0632 e. The SMILES string of the molecule is CC1(C)C[C@H](c2ccccc2[C@H]2CCCN2)CCO1. The molecule has 1 aromatic carbocycles. The quantitative estimate of drug-likeness (QED) is 0.872. The van der Waals surface area contributed by atoms with E-state index in [1.807, 2.05) is 0 Å². The molecule has 2 atom stereocenters. The van der Waals surface area contributed by atoms with E-state index < -0.39 is 0 Å². The molecule has 0 aromatic heterocycles. The van der Waals surface area contributed by atoms with Gasteiger partial charge in [0.05, 0.1) is 5.60 Å². The Hall–Kier alpha value is -0.860. The van der Waals surface area contributed by atoms with Gasteiger partial charge in [-0.05, 0) is 63.1 Å². The topological polar surface area (TPSA) is 21.3 Å². The summed E-state index contributed by atoms with van der Waals surface area (Å²) in [5.41, 5.74) is 3.11. The monoisotopic (exact) mass is 259 g/mol. The van der Waals surface area contributed by atoms with Crippen LogP contribution in [0.3, 0.4) is 0 Å². The summed E-state index contributed by atoms with van der Waals surface area (Å²) in [5, 5.41) is 3.64. The van der Waals surface area contributed by atoms with Crippen molar-refractivity contribution in [3.8, 4) is 0 Å². The molecule has 2 fully saturated rings. The van der Waals surface area contributed by atoms with Crippen LogP contribution in [-0.2, 0) is 4.74 Å². The zero-order valence-electron chi connectivity index (χ0n) is 12.1. The molecule has 104 valence electrons. The Balaban J connectivity index is 1.87. The summed E-state index contributed by atoms with van der Waals surface area (Å²) in [4.78, 5) is 0. The average molecular weight is 259 g/mol. The number of hydrogen-bond acceptors (Lipinski definition) is 2. The molecule has 19 heavy (non-hydrogen) atoms. The van der Waals surface area contributed by atoms with Crippen molar-refractivity contribution in [1.29, 1.82) is 0 Å². The molecule has 2 aliphatic rings. The Morgan fingerprint density at radius 3 is 2.63 bits per heavy atom. The molecule has 0 bridgehead atoms. The average Bonchev–Trinajstić information content (AvgIpc) is 2.91. The normalized spacial score (nSPS) is 30.4. The predicted octanol–water partition coefficient (Wildman–Crippen LogP) is 3.78. The second-order valence-electron chi connectivity index (χ2n) is 6.58. The number of ether oxygens (including phenoxy) is 1. The molecule has 1 aromatic rings. The lowest BCUT2D eigenvalue weighted by atomic mass is 9.80. The summed E-state index contributed by atoms with van der Waals surface area (Å²) < 4.78 is 5.87. The van der Waals surface area contributed by atoms with Gasteiger partial charge in [-0.3, -0.25) is 0 Å². The van der Waals surface area contributed by atoms with Crippen molar-refractivity contribution in [2.45, 2.75) is 57.1 Å². The maximum absolute atomic E-state index is 5.87. The van der Waals surface area contributed by atoms with Gasteiger partial charge in [0.15, 0.2) is 0 Å². The van der Waals surface area contributed by atoms with Gasteiger partial charge in [-0.2, -0.15) is 0 Å². The molecule has 2 nitrogen and oxygen atoms in total. The van der Waals surface area contributed by atoms with Gasteiger partial charge in [-0.1, -0.05) is 24.3 Å². The van der Waals surface area contributed by atoms with Crippen molar-refractivity contribution < 1.29 is 4.74 Å². The van der Waals surface area contributed by atoms with Gasteiger partial charge in [0, 0.05) is 12.6 Å². The molecule has 2 heterocycles. The van der Waals surface area contributed by atoms with Gasteiger partial charge in [0.25, 0.3) is 0 Å². The molecule has 0 spiro atoms. The summed E-state index contributed by atoms with van der Waals surface area (Å²) >= 11 is 0. The third kappa shape index (κ3) is 2.85. The Kier molecular flexibility index (Phi) is 3.64. The lowest BCUT2D eigenvalue weighted by Crippen LogP contribution is -2.33. The van der Waals surface area contributed by atoms with Crippen molar-refractivity contribution in [3.63, 3.8) is 0 Å². The van der Waals surface area contributed by atoms with E-state index in [0.29, 0.717) is 12.0 Å². The van der Waals surface area contributed by atoms with E-state index in [2.05, 4.69) is 43.4 Å². The molecule has 0 unspecified atom stereocenters. The Bertz CT molecular complexity index is 435. The zero-order chi connectivity index (χ0) is 13.3. The van der Waals surface area contributed by atoms with E-state index in [1.54, 1.807) is 5.56 Å². The van der Waals surface area contributed by atoms with Gasteiger partial charge in [0.1, 0.15) is 0 Å². The summed E-state index contributed by atoms with van der Waals surface area (Å²) in [6, 6.07) is 9.60. The van der Waals surface area contributed by atoms with Crippen LogP contribution in [0.2, 0.25) is 0 Å². The first kappa shape index (κ1) is 13.1. The van der Waals surface area contributed by atoms with Crippen LogP contribution in [0.4, 0.5) is 0 Å². The molecule has 2 aliphatic heterocycles. The van der Waals surface area contributed by atoms with E-state index >= 15 is 0 Å². The van der Waals surface area contributed by atoms with Crippen LogP contribution in [0.1, 0.15) is 62.6 Å². The highest BCUT2D eigenvalue weighted by Crippen LogP contribution is 2.39. The van der Waals surface area contributed by atoms with Crippen LogP contribution in [-0.4, -0.2) is 18.8 Å². The number of nitrogens with one attached hydrogen (secondary N) is 1. The third-order valence-electron chi connectivity index (χ3n) is 4.57. The maximum atomic E-state index is 5.87. The van der Waals surface area contributed by atoms with Gasteiger partial charge in [0.2, 0.25) is 0 Å². The van der Waals surface area contributed by atoms with E-state index in [1.165, 1.54) is 18.4 Å². The lowest BCUT2D eigenvalue weighted by Gasteiger charge is -2.37. The first-order chi connectivity index (χ1) is 9.16. The van der Waals surface area contributed by atoms with Crippen molar-refractivity contribution in [2.75, 3.05) is 13.2 Å². The third-order valence-corrected chi connectivity index (χ3v) is 4.57. The first-order valence-corrected chi connectivity index (χ1v) is 7.62. The minimum atomic E-state index is 0.0269. The number of benzene rings is 1. The minimum absolute atomic E-state index is 0.0269. The molecule has 3 rings (SSSR count). The first-order valence-electron chi connectivity index (χ1n) is 7.62. The van der Waals surface area contributed by atoms with Gasteiger partial charge >= 0.3 is 0 Å². The summed E-state index contributed by atoms with van der Waals surface area (Å²) in [6.45, 7) is 6.49. The molecule has 1 N–H and O–H groups in total. The highest BCUT2D eigenvalue weighted by Gasteiger charge is 2.31. The van der Waals surface area contributed by atoms with Crippen molar-refractivity contribution in [3.05, 3.63) is 35.4 Å². The van der Waals surface area contributed by atoms with Crippen LogP contribution in [0, 0.1) is 0 Å². The molecule has 0 saturated carbocycles. The van der Waals surface area contributed by atoms with E-state index in [-0.39, 0.29) is 5.60 Å². The van der Waals surface area contributed by atoms with Crippen LogP contribution in [0.25, 0.3) is 0 Å². The van der Waals surface area contributed by atoms with Crippen molar-refractivity contribution in [1.82, 2.24) is 5.32 Å². The molecule has 2 heteroatoms. The van der Waals surface area contributed by atoms with E-state index in [0.717, 1.165) is 26.0 Å². The highest BCUT2D eigenvalue weighted by atomic mass is 16.5. The molecular formula is C17H25NO. The second-order valence-corrected chi connectivity index (χ2v) is 6.58. The Labute approximate surface area is 116 Å². The van der Waals surface area contributed by atoms with Crippen LogP contribution in [0.15, 0.2) is 24.3 Å². The van der Waals surface area contributed by atoms with Crippen LogP contribution >= 0.6 is 0 Å². The van der Waals surface area contributed by atoms with E-state index in [9.17, 15) is 0 Å². The standard InChI is InChI=1S/C17H25NO/c1-17(2)12-13(9-11-19-17)14-6-3-4-7-15(14)16-8-5-10-18-16/h3-4,6-7,13,16,18H,5,8-12H2,1-2H3/t13-,16-/m1/s1. The number of hydrogen-bond donors (Lipinski definition) is 1. The summed E-state index contributed by atoms with van der Waals surface area (Å²) in [6.07, 6.45) is 4.88. The molecule has 0 radical (unpaired) electrons. The highest BCUT2D eigenvalue weighted by molar-refractivity contribution is 5.34. The molecule has 0 aliphatic carbocycles. The molecule has 2 saturated heterocycles. The van der Waals surface area contributed by atoms with Crippen LogP contribution in [0.5, 0.6) is 0 Å². The Morgan fingerprint density at radius 2 is 1.95 bits per heavy atom. The van der Waals surface area contributed by atoms with Gasteiger partial charge in [-0.15, -0.1) is 0 Å². The zero-order valence-corrected chi connectivity index (χ0v) is 12.1. The lowest BCUT2D eigenvalue weighted by molar-refractivity contribution is -0.0594. The van der Waals surface area contributed by atoms with Gasteiger partial charge in [-0.25, -0.2) is 0 Å². The summed E-state index contributed by atoms with van der Waals surface area (Å²) in [7, 11) is 0. The molecular weight excluding hydrogens is 234 g/mol. The van der Waals surface area contributed by atoms with E-state index in [4.69, 9.17) is 4.74 Å². The fourth-order valence-electron chi connectivity index (χ4n) is 3.65. The van der Waals surface area contributed by atoms with Crippen LogP contribution < -0.4 is 5.32 Å². The number of rotatable bonds is 2. The largest absolute Gasteiger partial charge is 0.376 e. The smallest absolute Gasteiger partial charge is 0.0632 e. The second kappa shape index (κ2) is 5.26. The fraction of sp³-hybridized carbons (Fsp3) is 0.647. The van der Waals surface area contributed by atoms with Crippen molar-refractivity contribution >= 4 is 0 Å². The van der Waals surface area contributed by atoms with Crippen molar-refractivity contribution in [2.24, 2.45) is 0 Å². The minimum Gasteiger partial charge on any atom is -0.376 e. The summed E-state index contributed by atoms with van der Waals surface area (Å²) in [5.74, 6) is 0.655. The van der Waals surface area contributed by atoms with Gasteiger partial charge < -0.3 is 10.1 Å². The predicted molar refractivity (Wildman–Crippen MR) is 78.4 cm³/mol. The fourth-order valence-corrected chi connectivity index (χ4v) is 3.65. The Morgan fingerprint density at radius 1 is 1.16 bits per heavy atom.